The summed E-state index contributed by atoms with van der Waals surface area (Å²) in [5.74, 6) is -3.06. The Morgan fingerprint density at radius 3 is 2.23 bits per heavy atom. The third-order valence-electron chi connectivity index (χ3n) is 4.10. The van der Waals surface area contributed by atoms with Gasteiger partial charge in [0, 0.05) is 11.3 Å². The first kappa shape index (κ1) is 22.1. The summed E-state index contributed by atoms with van der Waals surface area (Å²) in [6, 6.07) is 11.2. The number of benzene rings is 3. The van der Waals surface area contributed by atoms with Gasteiger partial charge in [-0.05, 0) is 54.6 Å². The molecule has 3 N–H and O–H groups in total. The Morgan fingerprint density at radius 1 is 0.968 bits per heavy atom. The fraction of sp³-hybridized carbons (Fsp3) is 0.0476. The summed E-state index contributed by atoms with van der Waals surface area (Å²) in [5.41, 5.74) is 3.38. The zero-order valence-electron chi connectivity index (χ0n) is 15.5. The number of hydrogen-bond donors (Lipinski definition) is 2. The van der Waals surface area contributed by atoms with Crippen molar-refractivity contribution in [1.29, 1.82) is 0 Å². The van der Waals surface area contributed by atoms with Crippen LogP contribution in [0.1, 0.15) is 26.3 Å². The molecule has 0 aromatic heterocycles. The summed E-state index contributed by atoms with van der Waals surface area (Å²) in [5, 5.41) is 2.13. The first-order valence-electron chi connectivity index (χ1n) is 8.60. The van der Waals surface area contributed by atoms with Crippen LogP contribution in [0.3, 0.4) is 0 Å². The SMILES string of the molecule is NC(=O)c1ccc(NC(=O)c2c(Oc3ccc(F)cc3Cl)cccc2C(F)(F)F)cc1. The molecule has 0 spiro atoms. The van der Waals surface area contributed by atoms with Gasteiger partial charge in [0.1, 0.15) is 17.3 Å². The van der Waals surface area contributed by atoms with Crippen molar-refractivity contribution in [1.82, 2.24) is 0 Å². The van der Waals surface area contributed by atoms with E-state index in [9.17, 15) is 27.2 Å². The molecule has 5 nitrogen and oxygen atoms in total. The molecule has 0 atom stereocenters. The summed E-state index contributed by atoms with van der Waals surface area (Å²) >= 11 is 5.89. The van der Waals surface area contributed by atoms with E-state index >= 15 is 0 Å². The van der Waals surface area contributed by atoms with Crippen molar-refractivity contribution in [2.24, 2.45) is 5.73 Å². The van der Waals surface area contributed by atoms with Gasteiger partial charge >= 0.3 is 6.18 Å². The average Bonchev–Trinajstić information content (AvgIpc) is 2.69. The molecule has 2 amide bonds. The van der Waals surface area contributed by atoms with Crippen LogP contribution >= 0.6 is 11.6 Å². The van der Waals surface area contributed by atoms with E-state index in [-0.39, 0.29) is 22.0 Å². The third kappa shape index (κ3) is 5.13. The first-order chi connectivity index (χ1) is 14.6. The zero-order valence-corrected chi connectivity index (χ0v) is 16.2. The van der Waals surface area contributed by atoms with E-state index in [0.717, 1.165) is 36.4 Å². The highest BCUT2D eigenvalue weighted by Crippen LogP contribution is 2.39. The maximum atomic E-state index is 13.6. The van der Waals surface area contributed by atoms with Crippen LogP contribution in [0.5, 0.6) is 11.5 Å². The second-order valence-corrected chi connectivity index (χ2v) is 6.66. The molecule has 0 heterocycles. The molecular weight excluding hydrogens is 440 g/mol. The number of nitrogens with one attached hydrogen (secondary N) is 1. The maximum Gasteiger partial charge on any atom is 0.417 e. The van der Waals surface area contributed by atoms with Gasteiger partial charge in [-0.15, -0.1) is 0 Å². The van der Waals surface area contributed by atoms with Crippen LogP contribution in [-0.4, -0.2) is 11.8 Å². The lowest BCUT2D eigenvalue weighted by Crippen LogP contribution is -2.20. The normalized spacial score (nSPS) is 11.1. The quantitative estimate of drug-likeness (QED) is 0.491. The van der Waals surface area contributed by atoms with E-state index < -0.39 is 40.7 Å². The smallest absolute Gasteiger partial charge is 0.417 e. The number of halogens is 5. The second-order valence-electron chi connectivity index (χ2n) is 6.25. The van der Waals surface area contributed by atoms with Crippen LogP contribution in [0.2, 0.25) is 5.02 Å². The lowest BCUT2D eigenvalue weighted by molar-refractivity contribution is -0.138. The van der Waals surface area contributed by atoms with Gasteiger partial charge in [-0.3, -0.25) is 9.59 Å². The van der Waals surface area contributed by atoms with Gasteiger partial charge in [0.05, 0.1) is 16.1 Å². The third-order valence-corrected chi connectivity index (χ3v) is 4.40. The number of amides is 2. The van der Waals surface area contributed by atoms with Crippen molar-refractivity contribution in [2.45, 2.75) is 6.18 Å². The van der Waals surface area contributed by atoms with Crippen LogP contribution < -0.4 is 15.8 Å². The Kier molecular flexibility index (Phi) is 6.16. The van der Waals surface area contributed by atoms with E-state index in [1.807, 2.05) is 0 Å². The molecule has 0 fully saturated rings. The van der Waals surface area contributed by atoms with Crippen molar-refractivity contribution in [2.75, 3.05) is 5.32 Å². The molecule has 0 bridgehead atoms. The predicted octanol–water partition coefficient (Wildman–Crippen LogP) is 5.64. The molecular formula is C21H13ClF4N2O3. The van der Waals surface area contributed by atoms with Gasteiger partial charge in [0.2, 0.25) is 5.91 Å². The van der Waals surface area contributed by atoms with Crippen LogP contribution in [0.4, 0.5) is 23.2 Å². The Morgan fingerprint density at radius 2 is 1.65 bits per heavy atom. The summed E-state index contributed by atoms with van der Waals surface area (Å²) < 4.78 is 59.4. The minimum absolute atomic E-state index is 0.123. The van der Waals surface area contributed by atoms with Crippen LogP contribution in [0.25, 0.3) is 0 Å². The molecule has 0 saturated heterocycles. The van der Waals surface area contributed by atoms with Gasteiger partial charge < -0.3 is 15.8 Å². The molecule has 10 heteroatoms. The zero-order chi connectivity index (χ0) is 22.8. The Bertz CT molecular complexity index is 1150. The summed E-state index contributed by atoms with van der Waals surface area (Å²) in [6.45, 7) is 0. The van der Waals surface area contributed by atoms with E-state index in [1.165, 1.54) is 24.3 Å². The largest absolute Gasteiger partial charge is 0.455 e. The van der Waals surface area contributed by atoms with Crippen molar-refractivity contribution >= 4 is 29.1 Å². The van der Waals surface area contributed by atoms with Gasteiger partial charge in [0.25, 0.3) is 5.91 Å². The fourth-order valence-corrected chi connectivity index (χ4v) is 2.88. The van der Waals surface area contributed by atoms with E-state index in [0.29, 0.717) is 0 Å². The van der Waals surface area contributed by atoms with E-state index in [2.05, 4.69) is 5.32 Å². The van der Waals surface area contributed by atoms with Crippen LogP contribution in [0.15, 0.2) is 60.7 Å². The molecule has 0 aliphatic heterocycles. The number of anilines is 1. The summed E-state index contributed by atoms with van der Waals surface area (Å²) in [6.07, 6.45) is -4.87. The molecule has 0 unspecified atom stereocenters. The number of ether oxygens (including phenoxy) is 1. The predicted molar refractivity (Wildman–Crippen MR) is 106 cm³/mol. The van der Waals surface area contributed by atoms with Gasteiger partial charge in [-0.2, -0.15) is 13.2 Å². The number of carbonyl (C=O) groups excluding carboxylic acids is 2. The monoisotopic (exact) mass is 452 g/mol. The fourth-order valence-electron chi connectivity index (χ4n) is 2.67. The molecule has 31 heavy (non-hydrogen) atoms. The van der Waals surface area contributed by atoms with Crippen molar-refractivity contribution in [3.63, 3.8) is 0 Å². The number of carbonyl (C=O) groups is 2. The minimum Gasteiger partial charge on any atom is -0.455 e. The van der Waals surface area contributed by atoms with Crippen LogP contribution in [0, 0.1) is 5.82 Å². The second kappa shape index (κ2) is 8.65. The molecule has 0 saturated carbocycles. The number of primary amides is 1. The maximum absolute atomic E-state index is 13.6. The minimum atomic E-state index is -4.87. The Hall–Kier alpha value is -3.59. The highest BCUT2D eigenvalue weighted by molar-refractivity contribution is 6.32. The highest BCUT2D eigenvalue weighted by Gasteiger charge is 2.37. The molecule has 0 radical (unpaired) electrons. The molecule has 3 aromatic carbocycles. The average molecular weight is 453 g/mol. The lowest BCUT2D eigenvalue weighted by Gasteiger charge is -2.17. The number of nitrogens with two attached hydrogens (primary N) is 1. The topological polar surface area (TPSA) is 81.4 Å². The lowest BCUT2D eigenvalue weighted by atomic mass is 10.0. The van der Waals surface area contributed by atoms with Crippen molar-refractivity contribution in [3.05, 3.63) is 88.2 Å². The molecule has 3 aromatic rings. The number of rotatable bonds is 5. The molecule has 0 aliphatic rings. The van der Waals surface area contributed by atoms with Gasteiger partial charge in [0.15, 0.2) is 0 Å². The highest BCUT2D eigenvalue weighted by atomic mass is 35.5. The molecule has 3 rings (SSSR count). The first-order valence-corrected chi connectivity index (χ1v) is 8.98. The van der Waals surface area contributed by atoms with E-state index in [4.69, 9.17) is 22.1 Å². The summed E-state index contributed by atoms with van der Waals surface area (Å²) in [4.78, 5) is 23.9. The van der Waals surface area contributed by atoms with Gasteiger partial charge in [-0.1, -0.05) is 17.7 Å². The number of hydrogen-bond acceptors (Lipinski definition) is 3. The number of alkyl halides is 3. The van der Waals surface area contributed by atoms with Crippen molar-refractivity contribution in [3.8, 4) is 11.5 Å². The Balaban J connectivity index is 2.01. The van der Waals surface area contributed by atoms with E-state index in [1.54, 1.807) is 0 Å². The van der Waals surface area contributed by atoms with Crippen LogP contribution in [-0.2, 0) is 6.18 Å². The van der Waals surface area contributed by atoms with Gasteiger partial charge in [-0.25, -0.2) is 4.39 Å². The summed E-state index contributed by atoms with van der Waals surface area (Å²) in [7, 11) is 0. The Labute approximate surface area is 178 Å². The molecule has 0 aliphatic carbocycles. The molecule has 160 valence electrons. The van der Waals surface area contributed by atoms with Crippen molar-refractivity contribution < 1.29 is 31.9 Å². The standard InChI is InChI=1S/C21H13ClF4N2O3/c22-15-10-12(23)6-9-16(15)31-17-3-1-2-14(21(24,25)26)18(17)20(30)28-13-7-4-11(5-8-13)19(27)29/h1-10H,(H2,27,29)(H,28,30).